The van der Waals surface area contributed by atoms with Crippen LogP contribution in [0.15, 0.2) is 54.9 Å². The molecule has 3 aromatic rings. The van der Waals surface area contributed by atoms with E-state index < -0.39 is 0 Å². The highest BCUT2D eigenvalue weighted by molar-refractivity contribution is 6.01. The number of aryl methyl sites for hydroxylation is 1. The van der Waals surface area contributed by atoms with Gasteiger partial charge >= 0.3 is 0 Å². The summed E-state index contributed by atoms with van der Waals surface area (Å²) in [6.07, 6.45) is 6.70. The molecular weight excluding hydrogens is 264 g/mol. The summed E-state index contributed by atoms with van der Waals surface area (Å²) in [5, 5.41) is 7.94. The Balaban J connectivity index is 1.73. The number of pyridine rings is 1. The maximum atomic E-state index is 11.8. The molecule has 2 heterocycles. The van der Waals surface area contributed by atoms with Gasteiger partial charge in [0.25, 0.3) is 0 Å². The van der Waals surface area contributed by atoms with Crippen molar-refractivity contribution in [1.82, 2.24) is 14.8 Å². The van der Waals surface area contributed by atoms with Gasteiger partial charge in [-0.3, -0.25) is 9.48 Å². The monoisotopic (exact) mass is 278 g/mol. The van der Waals surface area contributed by atoms with Crippen LogP contribution in [0, 0.1) is 0 Å². The molecule has 0 aliphatic carbocycles. The molecule has 0 saturated carbocycles. The lowest BCUT2D eigenvalue weighted by molar-refractivity contribution is -0.111. The van der Waals surface area contributed by atoms with Crippen LogP contribution >= 0.6 is 0 Å². The van der Waals surface area contributed by atoms with E-state index in [1.165, 1.54) is 6.08 Å². The summed E-state index contributed by atoms with van der Waals surface area (Å²) in [5.41, 5.74) is 2.01. The fraction of sp³-hybridized carbons (Fsp3) is 0.0625. The molecular formula is C16H14N4O. The zero-order valence-corrected chi connectivity index (χ0v) is 11.5. The first-order valence-corrected chi connectivity index (χ1v) is 6.54. The van der Waals surface area contributed by atoms with Gasteiger partial charge in [-0.2, -0.15) is 5.10 Å². The molecule has 0 aliphatic heterocycles. The van der Waals surface area contributed by atoms with Gasteiger partial charge < -0.3 is 5.32 Å². The van der Waals surface area contributed by atoms with Crippen molar-refractivity contribution in [3.63, 3.8) is 0 Å². The van der Waals surface area contributed by atoms with Crippen molar-refractivity contribution >= 4 is 28.7 Å². The predicted molar refractivity (Wildman–Crippen MR) is 82.6 cm³/mol. The second-order valence-corrected chi connectivity index (χ2v) is 4.62. The number of fused-ring (bicyclic) bond motifs is 1. The van der Waals surface area contributed by atoms with Gasteiger partial charge in [0, 0.05) is 24.7 Å². The first kappa shape index (κ1) is 13.1. The van der Waals surface area contributed by atoms with Crippen molar-refractivity contribution in [3.05, 3.63) is 60.4 Å². The van der Waals surface area contributed by atoms with Crippen LogP contribution in [-0.2, 0) is 11.8 Å². The highest BCUT2D eigenvalue weighted by Crippen LogP contribution is 2.15. The fourth-order valence-electron chi connectivity index (χ4n) is 2.06. The molecule has 1 N–H and O–H groups in total. The van der Waals surface area contributed by atoms with Gasteiger partial charge in [-0.05, 0) is 35.9 Å². The van der Waals surface area contributed by atoms with Crippen molar-refractivity contribution in [2.45, 2.75) is 0 Å². The summed E-state index contributed by atoms with van der Waals surface area (Å²) in [7, 11) is 1.90. The molecule has 0 unspecified atom stereocenters. The van der Waals surface area contributed by atoms with E-state index in [1.807, 2.05) is 36.0 Å². The van der Waals surface area contributed by atoms with Crippen LogP contribution in [0.5, 0.6) is 0 Å². The van der Waals surface area contributed by atoms with Gasteiger partial charge in [0.1, 0.15) is 5.82 Å². The maximum absolute atomic E-state index is 11.8. The van der Waals surface area contributed by atoms with E-state index in [4.69, 9.17) is 0 Å². The van der Waals surface area contributed by atoms with Crippen LogP contribution in [0.25, 0.3) is 17.0 Å². The zero-order valence-electron chi connectivity index (χ0n) is 11.5. The minimum absolute atomic E-state index is 0.208. The highest BCUT2D eigenvalue weighted by Gasteiger charge is 2.00. The van der Waals surface area contributed by atoms with Crippen molar-refractivity contribution < 1.29 is 4.79 Å². The van der Waals surface area contributed by atoms with Crippen LogP contribution in [-0.4, -0.2) is 20.7 Å². The molecule has 1 aromatic carbocycles. The van der Waals surface area contributed by atoms with E-state index >= 15 is 0 Å². The summed E-state index contributed by atoms with van der Waals surface area (Å²) < 4.78 is 1.82. The van der Waals surface area contributed by atoms with Crippen LogP contribution in [0.2, 0.25) is 0 Å². The molecule has 3 rings (SSSR count). The van der Waals surface area contributed by atoms with Gasteiger partial charge in [-0.15, -0.1) is 0 Å². The SMILES string of the molecule is Cn1ncc2cc(/C=C/C(=O)Nc3ccccn3)ccc21. The zero-order chi connectivity index (χ0) is 14.7. The maximum Gasteiger partial charge on any atom is 0.249 e. The Kier molecular flexibility index (Phi) is 3.47. The number of nitrogens with zero attached hydrogens (tertiary/aromatic N) is 3. The number of rotatable bonds is 3. The van der Waals surface area contributed by atoms with Crippen molar-refractivity contribution in [2.24, 2.45) is 7.05 Å². The van der Waals surface area contributed by atoms with E-state index in [2.05, 4.69) is 15.4 Å². The van der Waals surface area contributed by atoms with Crippen molar-refractivity contribution in [2.75, 3.05) is 5.32 Å². The molecule has 0 spiro atoms. The Morgan fingerprint density at radius 2 is 2.19 bits per heavy atom. The highest BCUT2D eigenvalue weighted by atomic mass is 16.1. The van der Waals surface area contributed by atoms with Crippen LogP contribution in [0.4, 0.5) is 5.82 Å². The molecule has 104 valence electrons. The van der Waals surface area contributed by atoms with E-state index in [9.17, 15) is 4.79 Å². The molecule has 0 fully saturated rings. The minimum atomic E-state index is -0.208. The number of amides is 1. The molecule has 0 atom stereocenters. The predicted octanol–water partition coefficient (Wildman–Crippen LogP) is 2.62. The summed E-state index contributed by atoms with van der Waals surface area (Å²) in [4.78, 5) is 15.8. The summed E-state index contributed by atoms with van der Waals surface area (Å²) in [6.45, 7) is 0. The molecule has 0 aliphatic rings. The van der Waals surface area contributed by atoms with Crippen LogP contribution in [0.3, 0.4) is 0 Å². The van der Waals surface area contributed by atoms with Gasteiger partial charge in [-0.1, -0.05) is 12.1 Å². The van der Waals surface area contributed by atoms with Gasteiger partial charge in [0.2, 0.25) is 5.91 Å². The average Bonchev–Trinajstić information content (AvgIpc) is 2.87. The molecule has 0 bridgehead atoms. The molecule has 0 radical (unpaired) electrons. The smallest absolute Gasteiger partial charge is 0.249 e. The number of benzene rings is 1. The normalized spacial score (nSPS) is 11.1. The third-order valence-electron chi connectivity index (χ3n) is 3.11. The number of carbonyl (C=O) groups is 1. The lowest BCUT2D eigenvalue weighted by Crippen LogP contribution is -2.08. The van der Waals surface area contributed by atoms with Crippen LogP contribution < -0.4 is 5.32 Å². The topological polar surface area (TPSA) is 59.8 Å². The molecule has 5 nitrogen and oxygen atoms in total. The molecule has 21 heavy (non-hydrogen) atoms. The van der Waals surface area contributed by atoms with E-state index in [1.54, 1.807) is 30.6 Å². The first-order valence-electron chi connectivity index (χ1n) is 6.54. The summed E-state index contributed by atoms with van der Waals surface area (Å²) >= 11 is 0. The Bertz CT molecular complexity index is 806. The lowest BCUT2D eigenvalue weighted by atomic mass is 10.1. The molecule has 1 amide bonds. The standard InChI is InChI=1S/C16H14N4O/c1-20-14-7-5-12(10-13(14)11-18-20)6-8-16(21)19-15-4-2-3-9-17-15/h2-11H,1H3,(H,17,19,21)/b8-6+. The number of anilines is 1. The summed E-state index contributed by atoms with van der Waals surface area (Å²) in [6, 6.07) is 11.3. The Morgan fingerprint density at radius 1 is 1.29 bits per heavy atom. The largest absolute Gasteiger partial charge is 0.307 e. The number of hydrogen-bond donors (Lipinski definition) is 1. The first-order chi connectivity index (χ1) is 10.2. The Hall–Kier alpha value is -2.95. The second-order valence-electron chi connectivity index (χ2n) is 4.62. The summed E-state index contributed by atoms with van der Waals surface area (Å²) in [5.74, 6) is 0.329. The second kappa shape index (κ2) is 5.58. The molecule has 5 heteroatoms. The van der Waals surface area contributed by atoms with Crippen molar-refractivity contribution in [1.29, 1.82) is 0 Å². The number of aromatic nitrogens is 3. The van der Waals surface area contributed by atoms with Crippen LogP contribution in [0.1, 0.15) is 5.56 Å². The third-order valence-corrected chi connectivity index (χ3v) is 3.11. The fourth-order valence-corrected chi connectivity index (χ4v) is 2.06. The minimum Gasteiger partial charge on any atom is -0.307 e. The average molecular weight is 278 g/mol. The third kappa shape index (κ3) is 2.97. The van der Waals surface area contributed by atoms with E-state index in [0.717, 1.165) is 16.5 Å². The van der Waals surface area contributed by atoms with E-state index in [-0.39, 0.29) is 5.91 Å². The van der Waals surface area contributed by atoms with Crippen molar-refractivity contribution in [3.8, 4) is 0 Å². The Morgan fingerprint density at radius 3 is 3.00 bits per heavy atom. The Labute approximate surface area is 121 Å². The van der Waals surface area contributed by atoms with E-state index in [0.29, 0.717) is 5.82 Å². The number of carbonyl (C=O) groups excluding carboxylic acids is 1. The quantitative estimate of drug-likeness (QED) is 0.749. The molecule has 2 aromatic heterocycles. The number of nitrogens with one attached hydrogen (secondary N) is 1. The van der Waals surface area contributed by atoms with Gasteiger partial charge in [-0.25, -0.2) is 4.98 Å². The van der Waals surface area contributed by atoms with Gasteiger partial charge in [0.15, 0.2) is 0 Å². The molecule has 0 saturated heterocycles. The lowest BCUT2D eigenvalue weighted by Gasteiger charge is -2.00. The van der Waals surface area contributed by atoms with Gasteiger partial charge in [0.05, 0.1) is 11.7 Å². The number of hydrogen-bond acceptors (Lipinski definition) is 3.